The lowest BCUT2D eigenvalue weighted by Gasteiger charge is -2.36. The number of para-hydroxylation sites is 4. The first-order valence-corrected chi connectivity index (χ1v) is 13.5. The van der Waals surface area contributed by atoms with Crippen LogP contribution in [0.1, 0.15) is 23.1 Å². The van der Waals surface area contributed by atoms with Gasteiger partial charge in [0.05, 0.1) is 29.9 Å². The summed E-state index contributed by atoms with van der Waals surface area (Å²) in [6, 6.07) is 22.8. The van der Waals surface area contributed by atoms with Gasteiger partial charge in [-0.2, -0.15) is 0 Å². The van der Waals surface area contributed by atoms with Crippen LogP contribution in [0.2, 0.25) is 0 Å². The number of carbonyl (C=O) groups excluding carboxylic acids is 2. The van der Waals surface area contributed by atoms with Crippen LogP contribution in [0.15, 0.2) is 72.8 Å². The summed E-state index contributed by atoms with van der Waals surface area (Å²) in [7, 11) is 0. The van der Waals surface area contributed by atoms with Crippen LogP contribution in [0, 0.1) is 0 Å². The highest BCUT2D eigenvalue weighted by atomic mass is 16.5. The molecule has 0 radical (unpaired) electrons. The Labute approximate surface area is 233 Å². The Morgan fingerprint density at radius 2 is 1.77 bits per heavy atom. The van der Waals surface area contributed by atoms with Crippen molar-refractivity contribution < 1.29 is 19.1 Å². The summed E-state index contributed by atoms with van der Waals surface area (Å²) in [6.07, 6.45) is -0.499. The van der Waals surface area contributed by atoms with Crippen molar-refractivity contribution in [1.29, 1.82) is 0 Å². The van der Waals surface area contributed by atoms with Gasteiger partial charge in [-0.3, -0.25) is 15.0 Å². The number of amides is 2. The van der Waals surface area contributed by atoms with Crippen LogP contribution < -0.4 is 20.3 Å². The number of anilines is 2. The average molecular weight is 543 g/mol. The molecule has 1 aliphatic rings. The van der Waals surface area contributed by atoms with E-state index in [2.05, 4.69) is 30.4 Å². The highest BCUT2D eigenvalue weighted by Gasteiger charge is 2.19. The number of hydrogen-bond donors (Lipinski definition) is 3. The highest BCUT2D eigenvalue weighted by molar-refractivity contribution is 5.95. The lowest BCUT2D eigenvalue weighted by molar-refractivity contribution is 0.0949. The van der Waals surface area contributed by atoms with E-state index in [0.29, 0.717) is 43.3 Å². The smallest absolute Gasteiger partial charge is 0.411 e. The molecule has 0 aliphatic carbocycles. The Bertz CT molecular complexity index is 1410. The van der Waals surface area contributed by atoms with E-state index in [0.717, 1.165) is 48.7 Å². The first kappa shape index (κ1) is 27.0. The maximum absolute atomic E-state index is 12.8. The molecule has 0 unspecified atom stereocenters. The Morgan fingerprint density at radius 1 is 0.975 bits per heavy atom. The molecule has 10 heteroatoms. The van der Waals surface area contributed by atoms with E-state index in [1.165, 1.54) is 0 Å². The Hall–Kier alpha value is -4.57. The SMILES string of the molecule is CCOc1ccccc1NC(=O)OCCN1CCN(c2cccc(C(=O)NCc3nc4ccccc4[nH]3)c2)CC1. The highest BCUT2D eigenvalue weighted by Crippen LogP contribution is 2.24. The zero-order valence-electron chi connectivity index (χ0n) is 22.6. The molecule has 40 heavy (non-hydrogen) atoms. The lowest BCUT2D eigenvalue weighted by Crippen LogP contribution is -2.47. The van der Waals surface area contributed by atoms with Crippen molar-refractivity contribution in [3.8, 4) is 5.75 Å². The number of carbonyl (C=O) groups is 2. The van der Waals surface area contributed by atoms with E-state index in [1.54, 1.807) is 6.07 Å². The minimum absolute atomic E-state index is 0.139. The van der Waals surface area contributed by atoms with Gasteiger partial charge in [-0.15, -0.1) is 0 Å². The number of aromatic nitrogens is 2. The molecule has 0 spiro atoms. The minimum Gasteiger partial charge on any atom is -0.492 e. The van der Waals surface area contributed by atoms with Crippen molar-refractivity contribution >= 4 is 34.4 Å². The minimum atomic E-state index is -0.499. The third kappa shape index (κ3) is 6.89. The van der Waals surface area contributed by atoms with E-state index in [1.807, 2.05) is 73.7 Å². The Balaban J connectivity index is 1.05. The van der Waals surface area contributed by atoms with Gasteiger partial charge in [-0.25, -0.2) is 9.78 Å². The van der Waals surface area contributed by atoms with Gasteiger partial charge >= 0.3 is 6.09 Å². The summed E-state index contributed by atoms with van der Waals surface area (Å²) in [4.78, 5) is 37.4. The molecule has 2 amide bonds. The molecule has 208 valence electrons. The summed E-state index contributed by atoms with van der Waals surface area (Å²) < 4.78 is 10.9. The normalized spacial score (nSPS) is 13.7. The number of hydrogen-bond acceptors (Lipinski definition) is 7. The number of benzene rings is 3. The molecule has 0 atom stereocenters. The number of fused-ring (bicyclic) bond motifs is 1. The standard InChI is InChI=1S/C30H34N6O4/c1-2-39-27-13-6-5-12-26(27)34-30(38)40-19-18-35-14-16-36(17-15-35)23-9-7-8-22(20-23)29(37)31-21-28-32-24-10-3-4-11-25(24)33-28/h3-13,20H,2,14-19,21H2,1H3,(H,31,37)(H,32,33)(H,34,38). The Morgan fingerprint density at radius 3 is 2.60 bits per heavy atom. The van der Waals surface area contributed by atoms with Crippen LogP contribution in [-0.2, 0) is 11.3 Å². The largest absolute Gasteiger partial charge is 0.492 e. The van der Waals surface area contributed by atoms with Crippen molar-refractivity contribution in [3.05, 3.63) is 84.2 Å². The molecular formula is C30H34N6O4. The molecule has 1 aromatic heterocycles. The van der Waals surface area contributed by atoms with Crippen LogP contribution in [0.25, 0.3) is 11.0 Å². The predicted octanol–water partition coefficient (Wildman–Crippen LogP) is 4.26. The van der Waals surface area contributed by atoms with Crippen LogP contribution in [0.5, 0.6) is 5.75 Å². The maximum atomic E-state index is 12.8. The average Bonchev–Trinajstić information content (AvgIpc) is 3.41. The monoisotopic (exact) mass is 542 g/mol. The van der Waals surface area contributed by atoms with E-state index in [-0.39, 0.29) is 5.91 Å². The molecule has 3 aromatic carbocycles. The number of piperazine rings is 1. The number of aromatic amines is 1. The van der Waals surface area contributed by atoms with Crippen molar-refractivity contribution in [2.75, 3.05) is 56.2 Å². The molecule has 0 saturated carbocycles. The van der Waals surface area contributed by atoms with Gasteiger partial charge in [0.1, 0.15) is 18.2 Å². The summed E-state index contributed by atoms with van der Waals surface area (Å²) in [5.74, 6) is 1.20. The molecule has 1 saturated heterocycles. The van der Waals surface area contributed by atoms with E-state index in [4.69, 9.17) is 9.47 Å². The van der Waals surface area contributed by atoms with Gasteiger partial charge in [0.25, 0.3) is 5.91 Å². The van der Waals surface area contributed by atoms with E-state index in [9.17, 15) is 9.59 Å². The molecule has 10 nitrogen and oxygen atoms in total. The lowest BCUT2D eigenvalue weighted by atomic mass is 10.1. The number of ether oxygens (including phenoxy) is 2. The molecule has 1 aliphatic heterocycles. The first-order chi connectivity index (χ1) is 19.6. The van der Waals surface area contributed by atoms with Crippen molar-refractivity contribution in [3.63, 3.8) is 0 Å². The van der Waals surface area contributed by atoms with Crippen LogP contribution in [0.3, 0.4) is 0 Å². The van der Waals surface area contributed by atoms with Gasteiger partial charge < -0.3 is 24.7 Å². The summed E-state index contributed by atoms with van der Waals surface area (Å²) in [6.45, 7) is 6.99. The Kier molecular flexibility index (Phi) is 8.77. The summed E-state index contributed by atoms with van der Waals surface area (Å²) in [5.41, 5.74) is 4.05. The molecule has 5 rings (SSSR count). The van der Waals surface area contributed by atoms with E-state index >= 15 is 0 Å². The van der Waals surface area contributed by atoms with Crippen LogP contribution in [0.4, 0.5) is 16.2 Å². The number of imidazole rings is 1. The number of nitrogens with one attached hydrogen (secondary N) is 3. The molecular weight excluding hydrogens is 508 g/mol. The van der Waals surface area contributed by atoms with Crippen molar-refractivity contribution in [2.24, 2.45) is 0 Å². The molecule has 1 fully saturated rings. The zero-order chi connectivity index (χ0) is 27.7. The molecule has 0 bridgehead atoms. The predicted molar refractivity (Wildman–Crippen MR) is 155 cm³/mol. The van der Waals surface area contributed by atoms with Crippen molar-refractivity contribution in [1.82, 2.24) is 20.2 Å². The number of H-pyrrole nitrogens is 1. The van der Waals surface area contributed by atoms with E-state index < -0.39 is 6.09 Å². The van der Waals surface area contributed by atoms with Crippen LogP contribution >= 0.6 is 0 Å². The van der Waals surface area contributed by atoms with Gasteiger partial charge in [-0.1, -0.05) is 30.3 Å². The fraction of sp³-hybridized carbons (Fsp3) is 0.300. The third-order valence-electron chi connectivity index (χ3n) is 6.76. The first-order valence-electron chi connectivity index (χ1n) is 13.5. The second-order valence-corrected chi connectivity index (χ2v) is 9.45. The molecule has 3 N–H and O–H groups in total. The number of nitrogens with zero attached hydrogens (tertiary/aromatic N) is 3. The fourth-order valence-electron chi connectivity index (χ4n) is 4.69. The molecule has 4 aromatic rings. The maximum Gasteiger partial charge on any atom is 0.411 e. The number of rotatable bonds is 10. The van der Waals surface area contributed by atoms with Gasteiger partial charge in [0.15, 0.2) is 0 Å². The van der Waals surface area contributed by atoms with Gasteiger partial charge in [0.2, 0.25) is 0 Å². The molecule has 2 heterocycles. The third-order valence-corrected chi connectivity index (χ3v) is 6.76. The van der Waals surface area contributed by atoms with Crippen molar-refractivity contribution in [2.45, 2.75) is 13.5 Å². The summed E-state index contributed by atoms with van der Waals surface area (Å²) >= 11 is 0. The quantitative estimate of drug-likeness (QED) is 0.275. The topological polar surface area (TPSA) is 112 Å². The zero-order valence-corrected chi connectivity index (χ0v) is 22.6. The second kappa shape index (κ2) is 13.0. The van der Waals surface area contributed by atoms with Gasteiger partial charge in [0, 0.05) is 44.0 Å². The van der Waals surface area contributed by atoms with Gasteiger partial charge in [-0.05, 0) is 49.4 Å². The second-order valence-electron chi connectivity index (χ2n) is 9.45. The summed E-state index contributed by atoms with van der Waals surface area (Å²) in [5, 5.41) is 5.71. The van der Waals surface area contributed by atoms with Crippen LogP contribution in [-0.4, -0.2) is 72.8 Å². The fourth-order valence-corrected chi connectivity index (χ4v) is 4.69.